The second-order valence-corrected chi connectivity index (χ2v) is 5.18. The van der Waals surface area contributed by atoms with E-state index in [2.05, 4.69) is 5.32 Å². The monoisotopic (exact) mass is 311 g/mol. The Labute approximate surface area is 136 Å². The van der Waals surface area contributed by atoms with E-state index in [1.54, 1.807) is 26.4 Å². The van der Waals surface area contributed by atoms with Gasteiger partial charge in [0.25, 0.3) is 0 Å². The summed E-state index contributed by atoms with van der Waals surface area (Å²) in [6, 6.07) is 11.3. The smallest absolute Gasteiger partial charge is 0.248 e. The van der Waals surface area contributed by atoms with Crippen molar-refractivity contribution >= 4 is 17.7 Å². The third-order valence-electron chi connectivity index (χ3n) is 3.70. The predicted molar refractivity (Wildman–Crippen MR) is 93.1 cm³/mol. The molecule has 0 aromatic heterocycles. The van der Waals surface area contributed by atoms with Gasteiger partial charge in [0.1, 0.15) is 0 Å². The molecular formula is C19H21NO3. The van der Waals surface area contributed by atoms with Gasteiger partial charge in [-0.15, -0.1) is 0 Å². The number of benzene rings is 2. The Hall–Kier alpha value is -2.75. The van der Waals surface area contributed by atoms with Crippen LogP contribution in [0.15, 0.2) is 42.5 Å². The summed E-state index contributed by atoms with van der Waals surface area (Å²) < 4.78 is 10.4. The number of rotatable bonds is 5. The van der Waals surface area contributed by atoms with Gasteiger partial charge in [-0.3, -0.25) is 4.79 Å². The van der Waals surface area contributed by atoms with E-state index < -0.39 is 0 Å². The minimum atomic E-state index is -0.173. The number of hydrogen-bond donors (Lipinski definition) is 1. The molecule has 0 aliphatic carbocycles. The molecule has 0 bridgehead atoms. The highest BCUT2D eigenvalue weighted by molar-refractivity contribution is 6.02. The van der Waals surface area contributed by atoms with Crippen molar-refractivity contribution in [3.8, 4) is 11.5 Å². The van der Waals surface area contributed by atoms with Gasteiger partial charge in [-0.25, -0.2) is 0 Å². The molecule has 0 saturated heterocycles. The van der Waals surface area contributed by atoms with Gasteiger partial charge in [-0.2, -0.15) is 0 Å². The highest BCUT2D eigenvalue weighted by Gasteiger charge is 2.05. The molecule has 0 atom stereocenters. The fraction of sp³-hybridized carbons (Fsp3) is 0.211. The average Bonchev–Trinajstić information content (AvgIpc) is 2.56. The number of nitrogens with one attached hydrogen (secondary N) is 1. The predicted octanol–water partition coefficient (Wildman–Crippen LogP) is 3.97. The van der Waals surface area contributed by atoms with E-state index in [-0.39, 0.29) is 5.91 Å². The summed E-state index contributed by atoms with van der Waals surface area (Å²) in [5.74, 6) is 1.11. The van der Waals surface area contributed by atoms with Crippen LogP contribution in [0.25, 0.3) is 6.08 Å². The van der Waals surface area contributed by atoms with Crippen molar-refractivity contribution in [2.45, 2.75) is 13.8 Å². The quantitative estimate of drug-likeness (QED) is 0.850. The van der Waals surface area contributed by atoms with Crippen molar-refractivity contribution in [2.75, 3.05) is 19.5 Å². The second kappa shape index (κ2) is 7.49. The Kier molecular flexibility index (Phi) is 5.41. The number of amides is 1. The number of methoxy groups -OCH3 is 2. The normalized spacial score (nSPS) is 10.6. The van der Waals surface area contributed by atoms with Crippen LogP contribution in [0.5, 0.6) is 11.5 Å². The van der Waals surface area contributed by atoms with Crippen LogP contribution in [-0.2, 0) is 4.79 Å². The maximum atomic E-state index is 12.1. The van der Waals surface area contributed by atoms with Crippen molar-refractivity contribution < 1.29 is 14.3 Å². The second-order valence-electron chi connectivity index (χ2n) is 5.18. The Balaban J connectivity index is 2.10. The Morgan fingerprint density at radius 1 is 1.04 bits per heavy atom. The molecule has 4 heteroatoms. The first kappa shape index (κ1) is 16.6. The lowest BCUT2D eigenvalue weighted by Gasteiger charge is -2.09. The highest BCUT2D eigenvalue weighted by atomic mass is 16.5. The van der Waals surface area contributed by atoms with Gasteiger partial charge < -0.3 is 14.8 Å². The van der Waals surface area contributed by atoms with Crippen LogP contribution in [-0.4, -0.2) is 20.1 Å². The zero-order valence-electron chi connectivity index (χ0n) is 13.8. The number of carbonyl (C=O) groups excluding carboxylic acids is 1. The number of aryl methyl sites for hydroxylation is 1. The lowest BCUT2D eigenvalue weighted by Crippen LogP contribution is -2.09. The zero-order chi connectivity index (χ0) is 16.8. The van der Waals surface area contributed by atoms with E-state index >= 15 is 0 Å². The van der Waals surface area contributed by atoms with Gasteiger partial charge in [-0.1, -0.05) is 18.2 Å². The molecule has 2 aromatic rings. The van der Waals surface area contributed by atoms with E-state index in [1.807, 2.05) is 44.2 Å². The van der Waals surface area contributed by atoms with E-state index in [4.69, 9.17) is 9.47 Å². The molecule has 4 nitrogen and oxygen atoms in total. The van der Waals surface area contributed by atoms with Gasteiger partial charge in [0.05, 0.1) is 14.2 Å². The van der Waals surface area contributed by atoms with E-state index in [0.717, 1.165) is 22.4 Å². The van der Waals surface area contributed by atoms with Crippen LogP contribution >= 0.6 is 0 Å². The summed E-state index contributed by atoms with van der Waals surface area (Å²) in [4.78, 5) is 12.1. The van der Waals surface area contributed by atoms with Crippen LogP contribution in [0.4, 0.5) is 5.69 Å². The first-order valence-electron chi connectivity index (χ1n) is 7.32. The lowest BCUT2D eigenvalue weighted by atomic mass is 10.1. The Bertz CT molecular complexity index is 735. The highest BCUT2D eigenvalue weighted by Crippen LogP contribution is 2.28. The molecule has 0 radical (unpaired) electrons. The van der Waals surface area contributed by atoms with Gasteiger partial charge in [0, 0.05) is 11.8 Å². The maximum Gasteiger partial charge on any atom is 0.248 e. The van der Waals surface area contributed by atoms with Crippen molar-refractivity contribution in [2.24, 2.45) is 0 Å². The topological polar surface area (TPSA) is 47.6 Å². The molecule has 0 spiro atoms. The SMILES string of the molecule is COc1ccc(C=CC(=O)Nc2cccc(C)c2C)cc1OC. The molecule has 0 aliphatic heterocycles. The maximum absolute atomic E-state index is 12.1. The minimum Gasteiger partial charge on any atom is -0.493 e. The molecule has 0 unspecified atom stereocenters. The van der Waals surface area contributed by atoms with Crippen molar-refractivity contribution in [1.82, 2.24) is 0 Å². The summed E-state index contributed by atoms with van der Waals surface area (Å²) in [7, 11) is 3.17. The molecule has 0 aliphatic rings. The average molecular weight is 311 g/mol. The number of ether oxygens (including phenoxy) is 2. The fourth-order valence-corrected chi connectivity index (χ4v) is 2.19. The molecular weight excluding hydrogens is 290 g/mol. The molecule has 2 rings (SSSR count). The van der Waals surface area contributed by atoms with Gasteiger partial charge in [0.15, 0.2) is 11.5 Å². The van der Waals surface area contributed by atoms with Gasteiger partial charge in [0.2, 0.25) is 5.91 Å². The number of carbonyl (C=O) groups is 1. The molecule has 120 valence electrons. The minimum absolute atomic E-state index is 0.173. The van der Waals surface area contributed by atoms with E-state index in [9.17, 15) is 4.79 Å². The molecule has 0 fully saturated rings. The van der Waals surface area contributed by atoms with E-state index in [1.165, 1.54) is 6.08 Å². The first-order chi connectivity index (χ1) is 11.0. The molecule has 0 saturated carbocycles. The molecule has 2 aromatic carbocycles. The standard InChI is InChI=1S/C19H21NO3/c1-13-6-5-7-16(14(13)2)20-19(21)11-9-15-8-10-17(22-3)18(12-15)23-4/h5-12H,1-4H3,(H,20,21). The third kappa shape index (κ3) is 4.13. The molecule has 0 heterocycles. The van der Waals surface area contributed by atoms with Crippen LogP contribution in [0, 0.1) is 13.8 Å². The summed E-state index contributed by atoms with van der Waals surface area (Å²) in [5.41, 5.74) is 3.90. The van der Waals surface area contributed by atoms with Crippen LogP contribution in [0.2, 0.25) is 0 Å². The third-order valence-corrected chi connectivity index (χ3v) is 3.70. The van der Waals surface area contributed by atoms with Crippen LogP contribution in [0.3, 0.4) is 0 Å². The lowest BCUT2D eigenvalue weighted by molar-refractivity contribution is -0.111. The largest absolute Gasteiger partial charge is 0.493 e. The summed E-state index contributed by atoms with van der Waals surface area (Å²) in [6.45, 7) is 4.01. The van der Waals surface area contributed by atoms with Crippen molar-refractivity contribution in [3.05, 3.63) is 59.2 Å². The van der Waals surface area contributed by atoms with Crippen molar-refractivity contribution in [1.29, 1.82) is 0 Å². The number of hydrogen-bond acceptors (Lipinski definition) is 3. The number of anilines is 1. The Morgan fingerprint density at radius 2 is 1.78 bits per heavy atom. The van der Waals surface area contributed by atoms with Crippen molar-refractivity contribution in [3.63, 3.8) is 0 Å². The Morgan fingerprint density at radius 3 is 2.48 bits per heavy atom. The summed E-state index contributed by atoms with van der Waals surface area (Å²) >= 11 is 0. The van der Waals surface area contributed by atoms with Crippen LogP contribution in [0.1, 0.15) is 16.7 Å². The van der Waals surface area contributed by atoms with Gasteiger partial charge >= 0.3 is 0 Å². The molecule has 1 amide bonds. The first-order valence-corrected chi connectivity index (χ1v) is 7.32. The summed E-state index contributed by atoms with van der Waals surface area (Å²) in [6.07, 6.45) is 3.24. The zero-order valence-corrected chi connectivity index (χ0v) is 13.8. The van der Waals surface area contributed by atoms with Gasteiger partial charge in [-0.05, 0) is 54.8 Å². The van der Waals surface area contributed by atoms with E-state index in [0.29, 0.717) is 11.5 Å². The fourth-order valence-electron chi connectivity index (χ4n) is 2.19. The summed E-state index contributed by atoms with van der Waals surface area (Å²) in [5, 5.41) is 2.89. The van der Waals surface area contributed by atoms with Crippen LogP contribution < -0.4 is 14.8 Å². The molecule has 1 N–H and O–H groups in total. The molecule has 23 heavy (non-hydrogen) atoms.